The third kappa shape index (κ3) is 4.00. The zero-order valence-corrected chi connectivity index (χ0v) is 17.5. The molecule has 150 valence electrons. The number of rotatable bonds is 6. The number of hydrogen-bond acceptors (Lipinski definition) is 6. The Morgan fingerprint density at radius 3 is 2.62 bits per heavy atom. The van der Waals surface area contributed by atoms with Gasteiger partial charge in [-0.15, -0.1) is 10.2 Å². The van der Waals surface area contributed by atoms with Crippen molar-refractivity contribution >= 4 is 17.5 Å². The number of aryl methyl sites for hydroxylation is 1. The predicted molar refractivity (Wildman–Crippen MR) is 112 cm³/mol. The van der Waals surface area contributed by atoms with Crippen LogP contribution in [0.4, 0.5) is 0 Å². The van der Waals surface area contributed by atoms with Crippen molar-refractivity contribution in [3.8, 4) is 11.5 Å². The molecule has 0 amide bonds. The van der Waals surface area contributed by atoms with Crippen molar-refractivity contribution in [2.45, 2.75) is 36.8 Å². The first-order valence-corrected chi connectivity index (χ1v) is 10.5. The molecule has 0 aliphatic carbocycles. The second-order valence-corrected chi connectivity index (χ2v) is 8.25. The van der Waals surface area contributed by atoms with Crippen LogP contribution in [0.2, 0.25) is 0 Å². The standard InChI is InChI=1S/C22H23N3O3S/c1-4-15-9-11-16(12-10-15)20(26)14(2)29-22-24-23-21(25(22)3)19-13-27-17-7-5-6-8-18(17)28-19/h5-12,14,19H,4,13H2,1-3H3. The minimum atomic E-state index is -0.343. The van der Waals surface area contributed by atoms with E-state index >= 15 is 0 Å². The van der Waals surface area contributed by atoms with Crippen LogP contribution < -0.4 is 9.47 Å². The summed E-state index contributed by atoms with van der Waals surface area (Å²) in [7, 11) is 1.88. The van der Waals surface area contributed by atoms with Crippen LogP contribution in [0.1, 0.15) is 41.7 Å². The lowest BCUT2D eigenvalue weighted by Gasteiger charge is -2.25. The van der Waals surface area contributed by atoms with Crippen molar-refractivity contribution in [3.05, 3.63) is 65.5 Å². The number of aromatic nitrogens is 3. The number of thioether (sulfide) groups is 1. The van der Waals surface area contributed by atoms with E-state index in [0.717, 1.165) is 12.2 Å². The Balaban J connectivity index is 1.46. The van der Waals surface area contributed by atoms with Gasteiger partial charge in [0.2, 0.25) is 0 Å². The van der Waals surface area contributed by atoms with Gasteiger partial charge in [-0.25, -0.2) is 0 Å². The highest BCUT2D eigenvalue weighted by atomic mass is 32.2. The second kappa shape index (κ2) is 8.29. The lowest BCUT2D eigenvalue weighted by molar-refractivity contribution is 0.0825. The molecular weight excluding hydrogens is 386 g/mol. The van der Waals surface area contributed by atoms with Gasteiger partial charge in [0.25, 0.3) is 0 Å². The quantitative estimate of drug-likeness (QED) is 0.448. The molecule has 0 saturated carbocycles. The van der Waals surface area contributed by atoms with E-state index in [4.69, 9.17) is 9.47 Å². The normalized spacial score (nSPS) is 16.4. The van der Waals surface area contributed by atoms with E-state index in [0.29, 0.717) is 28.9 Å². The van der Waals surface area contributed by atoms with Crippen LogP contribution in [0, 0.1) is 0 Å². The molecule has 4 rings (SSSR count). The average Bonchev–Trinajstić information content (AvgIpc) is 3.13. The molecule has 3 aromatic rings. The average molecular weight is 410 g/mol. The van der Waals surface area contributed by atoms with Crippen molar-refractivity contribution < 1.29 is 14.3 Å². The lowest BCUT2D eigenvalue weighted by atomic mass is 10.1. The molecule has 2 aromatic carbocycles. The van der Waals surface area contributed by atoms with Crippen molar-refractivity contribution in [1.29, 1.82) is 0 Å². The van der Waals surface area contributed by atoms with Gasteiger partial charge < -0.3 is 14.0 Å². The summed E-state index contributed by atoms with van der Waals surface area (Å²) in [5.41, 5.74) is 1.93. The number of ether oxygens (including phenoxy) is 2. The van der Waals surface area contributed by atoms with E-state index in [-0.39, 0.29) is 17.1 Å². The van der Waals surface area contributed by atoms with Crippen molar-refractivity contribution in [2.75, 3.05) is 6.61 Å². The number of carbonyl (C=O) groups excluding carboxylic acids is 1. The van der Waals surface area contributed by atoms with Gasteiger partial charge in [-0.05, 0) is 31.0 Å². The third-order valence-corrected chi connectivity index (χ3v) is 6.10. The highest BCUT2D eigenvalue weighted by Crippen LogP contribution is 2.36. The fourth-order valence-corrected chi connectivity index (χ4v) is 4.11. The van der Waals surface area contributed by atoms with Gasteiger partial charge in [-0.2, -0.15) is 0 Å². The first-order chi connectivity index (χ1) is 14.1. The number of fused-ring (bicyclic) bond motifs is 1. The summed E-state index contributed by atoms with van der Waals surface area (Å²) in [4.78, 5) is 12.8. The summed E-state index contributed by atoms with van der Waals surface area (Å²) in [6.45, 7) is 4.36. The van der Waals surface area contributed by atoms with Crippen LogP contribution in [0.25, 0.3) is 0 Å². The Labute approximate surface area is 174 Å². The van der Waals surface area contributed by atoms with E-state index < -0.39 is 0 Å². The Morgan fingerprint density at radius 2 is 1.90 bits per heavy atom. The number of benzene rings is 2. The Kier molecular flexibility index (Phi) is 5.58. The molecule has 29 heavy (non-hydrogen) atoms. The SMILES string of the molecule is CCc1ccc(C(=O)C(C)Sc2nnc(C3COc4ccccc4O3)n2C)cc1. The molecule has 1 aliphatic rings. The molecule has 2 atom stereocenters. The van der Waals surface area contributed by atoms with Gasteiger partial charge in [0.05, 0.1) is 5.25 Å². The van der Waals surface area contributed by atoms with Crippen molar-refractivity contribution in [3.63, 3.8) is 0 Å². The first kappa shape index (κ1) is 19.5. The Morgan fingerprint density at radius 1 is 1.17 bits per heavy atom. The topological polar surface area (TPSA) is 66.2 Å². The van der Waals surface area contributed by atoms with Crippen molar-refractivity contribution in [1.82, 2.24) is 14.8 Å². The summed E-state index contributed by atoms with van der Waals surface area (Å²) in [5, 5.41) is 8.97. The Hall–Kier alpha value is -2.80. The molecule has 0 saturated heterocycles. The monoisotopic (exact) mass is 409 g/mol. The number of hydrogen-bond donors (Lipinski definition) is 0. The maximum absolute atomic E-state index is 12.8. The Bertz CT molecular complexity index is 1020. The number of Topliss-reactive ketones (excluding diaryl/α,β-unsaturated/α-hetero) is 1. The van der Waals surface area contributed by atoms with Gasteiger partial charge in [0.15, 0.2) is 34.4 Å². The predicted octanol–water partition coefficient (Wildman–Crippen LogP) is 4.25. The van der Waals surface area contributed by atoms with E-state index in [2.05, 4.69) is 17.1 Å². The number of para-hydroxylation sites is 2. The molecular formula is C22H23N3O3S. The highest BCUT2D eigenvalue weighted by Gasteiger charge is 2.28. The van der Waals surface area contributed by atoms with Crippen LogP contribution in [0.3, 0.4) is 0 Å². The lowest BCUT2D eigenvalue weighted by Crippen LogP contribution is -2.24. The minimum Gasteiger partial charge on any atom is -0.485 e. The van der Waals surface area contributed by atoms with Gasteiger partial charge in [0, 0.05) is 12.6 Å². The molecule has 0 spiro atoms. The van der Waals surface area contributed by atoms with E-state index in [1.807, 2.05) is 67.1 Å². The van der Waals surface area contributed by atoms with E-state index in [1.54, 1.807) is 0 Å². The molecule has 2 heterocycles. The van der Waals surface area contributed by atoms with E-state index in [1.165, 1.54) is 17.3 Å². The van der Waals surface area contributed by atoms with Gasteiger partial charge in [0.1, 0.15) is 6.61 Å². The molecule has 0 N–H and O–H groups in total. The molecule has 6 nitrogen and oxygen atoms in total. The largest absolute Gasteiger partial charge is 0.485 e. The highest BCUT2D eigenvalue weighted by molar-refractivity contribution is 8.00. The molecule has 0 bridgehead atoms. The van der Waals surface area contributed by atoms with Gasteiger partial charge >= 0.3 is 0 Å². The third-order valence-electron chi connectivity index (χ3n) is 4.96. The zero-order chi connectivity index (χ0) is 20.4. The summed E-state index contributed by atoms with van der Waals surface area (Å²) in [6, 6.07) is 15.4. The summed E-state index contributed by atoms with van der Waals surface area (Å²) < 4.78 is 13.7. The minimum absolute atomic E-state index is 0.0772. The number of nitrogens with zero attached hydrogens (tertiary/aromatic N) is 3. The second-order valence-electron chi connectivity index (χ2n) is 6.94. The van der Waals surface area contributed by atoms with Crippen LogP contribution in [0.15, 0.2) is 53.7 Å². The summed E-state index contributed by atoms with van der Waals surface area (Å²) in [5.74, 6) is 2.18. The molecule has 7 heteroatoms. The smallest absolute Gasteiger partial charge is 0.192 e. The molecule has 2 unspecified atom stereocenters. The maximum atomic E-state index is 12.8. The van der Waals surface area contributed by atoms with Crippen LogP contribution in [0.5, 0.6) is 11.5 Å². The molecule has 1 aromatic heterocycles. The summed E-state index contributed by atoms with van der Waals surface area (Å²) >= 11 is 1.40. The maximum Gasteiger partial charge on any atom is 0.192 e. The van der Waals surface area contributed by atoms with Crippen molar-refractivity contribution in [2.24, 2.45) is 7.05 Å². The molecule has 1 aliphatic heterocycles. The molecule has 0 fully saturated rings. The van der Waals surface area contributed by atoms with Crippen LogP contribution in [-0.2, 0) is 13.5 Å². The van der Waals surface area contributed by atoms with E-state index in [9.17, 15) is 4.79 Å². The first-order valence-electron chi connectivity index (χ1n) is 9.64. The fraction of sp³-hybridized carbons (Fsp3) is 0.318. The number of ketones is 1. The van der Waals surface area contributed by atoms with Crippen LogP contribution in [-0.4, -0.2) is 32.4 Å². The fourth-order valence-electron chi connectivity index (χ4n) is 3.21. The summed E-state index contributed by atoms with van der Waals surface area (Å²) in [6.07, 6.45) is 0.613. The molecule has 0 radical (unpaired) electrons. The number of carbonyl (C=O) groups is 1. The van der Waals surface area contributed by atoms with Gasteiger partial charge in [-0.1, -0.05) is 55.1 Å². The zero-order valence-electron chi connectivity index (χ0n) is 16.7. The van der Waals surface area contributed by atoms with Gasteiger partial charge in [-0.3, -0.25) is 4.79 Å². The van der Waals surface area contributed by atoms with Crippen LogP contribution >= 0.6 is 11.8 Å².